The molecule has 0 bridgehead atoms. The molecule has 1 rings (SSSR count). The number of benzene rings is 1. The SMILES string of the molecule is COc1c(C)cc(C(N)C(C)CN)c(C)c1C. The van der Waals surface area contributed by atoms with Gasteiger partial charge in [-0.05, 0) is 55.5 Å². The molecule has 17 heavy (non-hydrogen) atoms. The van der Waals surface area contributed by atoms with Gasteiger partial charge in [0.25, 0.3) is 0 Å². The molecule has 4 N–H and O–H groups in total. The van der Waals surface area contributed by atoms with Gasteiger partial charge in [-0.1, -0.05) is 13.0 Å². The zero-order chi connectivity index (χ0) is 13.2. The highest BCUT2D eigenvalue weighted by Crippen LogP contribution is 2.32. The van der Waals surface area contributed by atoms with E-state index in [1.807, 2.05) is 0 Å². The molecule has 0 fully saturated rings. The lowest BCUT2D eigenvalue weighted by molar-refractivity contribution is 0.406. The first-order valence-corrected chi connectivity index (χ1v) is 6.04. The van der Waals surface area contributed by atoms with Gasteiger partial charge in [0.05, 0.1) is 7.11 Å². The second-order valence-corrected chi connectivity index (χ2v) is 4.80. The Kier molecular flexibility index (Phi) is 4.54. The maximum absolute atomic E-state index is 6.26. The molecule has 0 spiro atoms. The molecule has 0 aliphatic carbocycles. The highest BCUT2D eigenvalue weighted by atomic mass is 16.5. The van der Waals surface area contributed by atoms with Gasteiger partial charge in [0, 0.05) is 6.04 Å². The highest BCUT2D eigenvalue weighted by Gasteiger charge is 2.19. The van der Waals surface area contributed by atoms with Crippen LogP contribution in [0.25, 0.3) is 0 Å². The van der Waals surface area contributed by atoms with Gasteiger partial charge in [0.1, 0.15) is 5.75 Å². The third kappa shape index (κ3) is 2.61. The van der Waals surface area contributed by atoms with Gasteiger partial charge in [0.2, 0.25) is 0 Å². The minimum atomic E-state index is -0.0108. The molecule has 0 amide bonds. The van der Waals surface area contributed by atoms with E-state index in [4.69, 9.17) is 16.2 Å². The Morgan fingerprint density at radius 1 is 1.24 bits per heavy atom. The molecular weight excluding hydrogens is 212 g/mol. The molecule has 0 saturated carbocycles. The minimum Gasteiger partial charge on any atom is -0.496 e. The average molecular weight is 236 g/mol. The van der Waals surface area contributed by atoms with E-state index in [1.54, 1.807) is 7.11 Å². The number of aryl methyl sites for hydroxylation is 1. The van der Waals surface area contributed by atoms with Gasteiger partial charge in [-0.15, -0.1) is 0 Å². The lowest BCUT2D eigenvalue weighted by Gasteiger charge is -2.23. The summed E-state index contributed by atoms with van der Waals surface area (Å²) in [7, 11) is 1.71. The zero-order valence-electron chi connectivity index (χ0n) is 11.5. The van der Waals surface area contributed by atoms with Crippen molar-refractivity contribution in [3.63, 3.8) is 0 Å². The molecule has 3 nitrogen and oxygen atoms in total. The monoisotopic (exact) mass is 236 g/mol. The van der Waals surface area contributed by atoms with Crippen LogP contribution in [0, 0.1) is 26.7 Å². The van der Waals surface area contributed by atoms with E-state index in [0.717, 1.165) is 11.3 Å². The van der Waals surface area contributed by atoms with Crippen LogP contribution in [0.3, 0.4) is 0 Å². The zero-order valence-corrected chi connectivity index (χ0v) is 11.5. The molecule has 2 atom stereocenters. The molecule has 0 saturated heterocycles. The van der Waals surface area contributed by atoms with Crippen LogP contribution >= 0.6 is 0 Å². The third-order valence-electron chi connectivity index (χ3n) is 3.61. The average Bonchev–Trinajstić information content (AvgIpc) is 2.32. The summed E-state index contributed by atoms with van der Waals surface area (Å²) in [6.45, 7) is 8.90. The van der Waals surface area contributed by atoms with Crippen LogP contribution < -0.4 is 16.2 Å². The van der Waals surface area contributed by atoms with Crippen molar-refractivity contribution >= 4 is 0 Å². The lowest BCUT2D eigenvalue weighted by atomic mass is 9.88. The molecule has 1 aromatic rings. The predicted octanol–water partition coefficient (Wildman–Crippen LogP) is 2.22. The van der Waals surface area contributed by atoms with Gasteiger partial charge < -0.3 is 16.2 Å². The fraction of sp³-hybridized carbons (Fsp3) is 0.571. The van der Waals surface area contributed by atoms with Gasteiger partial charge in [-0.3, -0.25) is 0 Å². The van der Waals surface area contributed by atoms with Crippen molar-refractivity contribution in [2.24, 2.45) is 17.4 Å². The van der Waals surface area contributed by atoms with E-state index < -0.39 is 0 Å². The second kappa shape index (κ2) is 5.52. The first-order chi connectivity index (χ1) is 7.93. The summed E-state index contributed by atoms with van der Waals surface area (Å²) < 4.78 is 5.41. The van der Waals surface area contributed by atoms with Crippen LogP contribution in [0.15, 0.2) is 6.07 Å². The van der Waals surface area contributed by atoms with Crippen molar-refractivity contribution in [2.75, 3.05) is 13.7 Å². The quantitative estimate of drug-likeness (QED) is 0.842. The van der Waals surface area contributed by atoms with Gasteiger partial charge in [-0.2, -0.15) is 0 Å². The van der Waals surface area contributed by atoms with Crippen molar-refractivity contribution < 1.29 is 4.74 Å². The standard InChI is InChI=1S/C14H24N2O/c1-8-6-12(13(16)9(2)7-15)10(3)11(4)14(8)17-5/h6,9,13H,7,15-16H2,1-5H3. The number of nitrogens with two attached hydrogens (primary N) is 2. The van der Waals surface area contributed by atoms with Crippen LogP contribution in [-0.4, -0.2) is 13.7 Å². The van der Waals surface area contributed by atoms with Gasteiger partial charge in [0.15, 0.2) is 0 Å². The Bertz CT molecular complexity index is 402. The first-order valence-electron chi connectivity index (χ1n) is 6.04. The Hall–Kier alpha value is -1.06. The summed E-state index contributed by atoms with van der Waals surface area (Å²) >= 11 is 0. The predicted molar refractivity (Wildman–Crippen MR) is 72.4 cm³/mol. The molecule has 3 heteroatoms. The van der Waals surface area contributed by atoms with Crippen LogP contribution in [0.4, 0.5) is 0 Å². The Morgan fingerprint density at radius 3 is 2.29 bits per heavy atom. The van der Waals surface area contributed by atoms with Gasteiger partial charge in [-0.25, -0.2) is 0 Å². The summed E-state index contributed by atoms with van der Waals surface area (Å²) in [5.41, 5.74) is 16.6. The van der Waals surface area contributed by atoms with Crippen molar-refractivity contribution in [1.29, 1.82) is 0 Å². The molecule has 1 aromatic carbocycles. The molecule has 0 aromatic heterocycles. The normalized spacial score (nSPS) is 14.5. The molecule has 0 aliphatic rings. The lowest BCUT2D eigenvalue weighted by Crippen LogP contribution is -2.26. The highest BCUT2D eigenvalue weighted by molar-refractivity contribution is 5.50. The van der Waals surface area contributed by atoms with Crippen LogP contribution in [0.1, 0.15) is 35.2 Å². The minimum absolute atomic E-state index is 0.0108. The van der Waals surface area contributed by atoms with Crippen LogP contribution in [0.2, 0.25) is 0 Å². The Morgan fingerprint density at radius 2 is 1.82 bits per heavy atom. The summed E-state index contributed by atoms with van der Waals surface area (Å²) in [6, 6.07) is 2.11. The largest absolute Gasteiger partial charge is 0.496 e. The van der Waals surface area contributed by atoms with E-state index in [-0.39, 0.29) is 12.0 Å². The van der Waals surface area contributed by atoms with Crippen molar-refractivity contribution in [2.45, 2.75) is 33.7 Å². The number of rotatable bonds is 4. The first kappa shape index (κ1) is 14.0. The third-order valence-corrected chi connectivity index (χ3v) is 3.61. The molecule has 96 valence electrons. The van der Waals surface area contributed by atoms with Gasteiger partial charge >= 0.3 is 0 Å². The van der Waals surface area contributed by atoms with E-state index in [1.165, 1.54) is 16.7 Å². The van der Waals surface area contributed by atoms with Crippen LogP contribution in [-0.2, 0) is 0 Å². The molecule has 0 radical (unpaired) electrons. The summed E-state index contributed by atoms with van der Waals surface area (Å²) in [4.78, 5) is 0. The number of hydrogen-bond donors (Lipinski definition) is 2. The smallest absolute Gasteiger partial charge is 0.124 e. The summed E-state index contributed by atoms with van der Waals surface area (Å²) in [5, 5.41) is 0. The Labute approximate surface area is 104 Å². The van der Waals surface area contributed by atoms with Crippen LogP contribution in [0.5, 0.6) is 5.75 Å². The number of hydrogen-bond acceptors (Lipinski definition) is 3. The number of methoxy groups -OCH3 is 1. The van der Waals surface area contributed by atoms with Crippen molar-refractivity contribution in [1.82, 2.24) is 0 Å². The summed E-state index contributed by atoms with van der Waals surface area (Å²) in [6.07, 6.45) is 0. The Balaban J connectivity index is 3.27. The second-order valence-electron chi connectivity index (χ2n) is 4.80. The van der Waals surface area contributed by atoms with E-state index >= 15 is 0 Å². The molecule has 0 aliphatic heterocycles. The summed E-state index contributed by atoms with van der Waals surface area (Å²) in [5.74, 6) is 1.24. The fourth-order valence-corrected chi connectivity index (χ4v) is 2.20. The topological polar surface area (TPSA) is 61.3 Å². The van der Waals surface area contributed by atoms with E-state index in [2.05, 4.69) is 33.8 Å². The number of ether oxygens (including phenoxy) is 1. The van der Waals surface area contributed by atoms with E-state index in [0.29, 0.717) is 6.54 Å². The molecule has 2 unspecified atom stereocenters. The fourth-order valence-electron chi connectivity index (χ4n) is 2.20. The maximum Gasteiger partial charge on any atom is 0.124 e. The van der Waals surface area contributed by atoms with Crippen molar-refractivity contribution in [3.05, 3.63) is 28.3 Å². The van der Waals surface area contributed by atoms with Crippen molar-refractivity contribution in [3.8, 4) is 5.75 Å². The molecular formula is C14H24N2O. The molecule has 0 heterocycles. The van der Waals surface area contributed by atoms with E-state index in [9.17, 15) is 0 Å². The maximum atomic E-state index is 6.26.